The Bertz CT molecular complexity index is 1090. The first kappa shape index (κ1) is 25.2. The van der Waals surface area contributed by atoms with Gasteiger partial charge >= 0.3 is 0 Å². The lowest BCUT2D eigenvalue weighted by Gasteiger charge is -2.26. The Morgan fingerprint density at radius 3 is 2.62 bits per heavy atom. The summed E-state index contributed by atoms with van der Waals surface area (Å²) in [5.74, 6) is -1.79. The number of ether oxygens (including phenoxy) is 1. The van der Waals surface area contributed by atoms with Crippen molar-refractivity contribution in [2.75, 3.05) is 20.3 Å². The largest absolute Gasteiger partial charge is 0.496 e. The fourth-order valence-electron chi connectivity index (χ4n) is 4.51. The van der Waals surface area contributed by atoms with Crippen LogP contribution in [0.25, 0.3) is 10.9 Å². The van der Waals surface area contributed by atoms with Gasteiger partial charge in [0.25, 0.3) is 5.91 Å². The smallest absolute Gasteiger partial charge is 0.265 e. The van der Waals surface area contributed by atoms with Gasteiger partial charge < -0.3 is 30.8 Å². The molecule has 10 heteroatoms. The highest BCUT2D eigenvalue weighted by Gasteiger charge is 2.34. The number of primary amides is 1. The van der Waals surface area contributed by atoms with Gasteiger partial charge in [-0.1, -0.05) is 19.9 Å². The Labute approximate surface area is 197 Å². The molecule has 5 N–H and O–H groups in total. The fourth-order valence-corrected chi connectivity index (χ4v) is 4.51. The lowest BCUT2D eigenvalue weighted by atomic mass is 9.95. The zero-order chi connectivity index (χ0) is 25.0. The van der Waals surface area contributed by atoms with Crippen LogP contribution in [-0.2, 0) is 14.4 Å². The van der Waals surface area contributed by atoms with Crippen LogP contribution in [0.4, 0.5) is 0 Å². The summed E-state index contributed by atoms with van der Waals surface area (Å²) in [5.41, 5.74) is 6.40. The van der Waals surface area contributed by atoms with E-state index < -0.39 is 42.2 Å². The van der Waals surface area contributed by atoms with Gasteiger partial charge in [-0.05, 0) is 43.4 Å². The molecule has 3 atom stereocenters. The number of nitrogens with two attached hydrogens (primary N) is 1. The van der Waals surface area contributed by atoms with Gasteiger partial charge in [0.1, 0.15) is 24.1 Å². The number of benzene rings is 1. The number of nitrogens with zero attached hydrogens (tertiary/aromatic N) is 1. The van der Waals surface area contributed by atoms with Gasteiger partial charge in [0.2, 0.25) is 11.8 Å². The SMILES string of the molecule is COc1cccc2c1cc(C(N)=O)n2[C@@H](CC(C)C)C(=O)N[C@@H](C[C@@H]1CCNC1=O)C(=O)CO. The third kappa shape index (κ3) is 5.22. The number of rotatable bonds is 11. The average Bonchev–Trinajstić information content (AvgIpc) is 3.39. The molecule has 34 heavy (non-hydrogen) atoms. The number of methoxy groups -OCH3 is 1. The van der Waals surface area contributed by atoms with E-state index in [1.54, 1.807) is 28.8 Å². The molecule has 0 radical (unpaired) electrons. The van der Waals surface area contributed by atoms with E-state index in [9.17, 15) is 24.3 Å². The Morgan fingerprint density at radius 1 is 1.32 bits per heavy atom. The number of aliphatic hydroxyl groups is 1. The van der Waals surface area contributed by atoms with E-state index in [1.165, 1.54) is 7.11 Å². The van der Waals surface area contributed by atoms with Gasteiger partial charge in [-0.3, -0.25) is 19.2 Å². The van der Waals surface area contributed by atoms with Gasteiger partial charge in [0, 0.05) is 17.8 Å². The van der Waals surface area contributed by atoms with Gasteiger partial charge in [0.15, 0.2) is 5.78 Å². The quantitative estimate of drug-likeness (QED) is 0.381. The second kappa shape index (κ2) is 10.7. The number of aromatic nitrogens is 1. The molecule has 0 spiro atoms. The minimum absolute atomic E-state index is 0.0622. The van der Waals surface area contributed by atoms with Crippen molar-refractivity contribution in [3.05, 3.63) is 30.0 Å². The van der Waals surface area contributed by atoms with E-state index in [-0.39, 0.29) is 23.9 Å². The topological polar surface area (TPSA) is 153 Å². The maximum absolute atomic E-state index is 13.6. The summed E-state index contributed by atoms with van der Waals surface area (Å²) >= 11 is 0. The van der Waals surface area contributed by atoms with E-state index >= 15 is 0 Å². The predicted molar refractivity (Wildman–Crippen MR) is 125 cm³/mol. The molecule has 1 aromatic carbocycles. The molecule has 1 aliphatic rings. The molecule has 1 aromatic heterocycles. The molecule has 2 aromatic rings. The summed E-state index contributed by atoms with van der Waals surface area (Å²) in [6, 6.07) is 4.97. The van der Waals surface area contributed by atoms with Gasteiger partial charge in [-0.2, -0.15) is 0 Å². The zero-order valence-electron chi connectivity index (χ0n) is 19.7. The number of fused-ring (bicyclic) bond motifs is 1. The fraction of sp³-hybridized carbons (Fsp3) is 0.500. The number of hydrogen-bond donors (Lipinski definition) is 4. The molecule has 0 aliphatic carbocycles. The van der Waals surface area contributed by atoms with Crippen LogP contribution in [0.3, 0.4) is 0 Å². The third-order valence-corrected chi connectivity index (χ3v) is 6.17. The molecule has 1 aliphatic heterocycles. The molecule has 0 unspecified atom stereocenters. The number of amides is 3. The summed E-state index contributed by atoms with van der Waals surface area (Å²) in [4.78, 5) is 50.4. The van der Waals surface area contributed by atoms with Crippen molar-refractivity contribution in [3.8, 4) is 5.75 Å². The van der Waals surface area contributed by atoms with E-state index in [2.05, 4.69) is 10.6 Å². The first-order chi connectivity index (χ1) is 16.2. The maximum Gasteiger partial charge on any atom is 0.265 e. The first-order valence-electron chi connectivity index (χ1n) is 11.4. The highest BCUT2D eigenvalue weighted by Crippen LogP contribution is 2.33. The molecule has 3 rings (SSSR count). The average molecular weight is 473 g/mol. The molecule has 184 valence electrons. The predicted octanol–water partition coefficient (Wildman–Crippen LogP) is 0.908. The molecule has 1 saturated heterocycles. The minimum atomic E-state index is -1.03. The molecular formula is C24H32N4O6. The Balaban J connectivity index is 2.02. The summed E-state index contributed by atoms with van der Waals surface area (Å²) < 4.78 is 7.00. The first-order valence-corrected chi connectivity index (χ1v) is 11.4. The number of nitrogens with one attached hydrogen (secondary N) is 2. The Hall–Kier alpha value is -3.40. The number of hydrogen-bond acceptors (Lipinski definition) is 6. The number of carbonyl (C=O) groups is 4. The lowest BCUT2D eigenvalue weighted by Crippen LogP contribution is -2.47. The van der Waals surface area contributed by atoms with Crippen LogP contribution in [-0.4, -0.2) is 59.5 Å². The Morgan fingerprint density at radius 2 is 2.06 bits per heavy atom. The molecule has 3 amide bonds. The molecule has 0 bridgehead atoms. The van der Waals surface area contributed by atoms with Gasteiger partial charge in [0.05, 0.1) is 18.7 Å². The highest BCUT2D eigenvalue weighted by molar-refractivity contribution is 6.01. The standard InChI is InChI=1S/C24H32N4O6/c1-13(2)9-19(24(33)27-16(20(30)12-29)10-14-7-8-26-23(14)32)28-17-5-4-6-21(34-3)15(17)11-18(28)22(25)31/h4-6,11,13-14,16,19,29H,7-10,12H2,1-3H3,(H2,25,31)(H,26,32)(H,27,33)/t14-,16-,19-/m0/s1. The van der Waals surface area contributed by atoms with Crippen LogP contribution in [0.1, 0.15) is 49.6 Å². The summed E-state index contributed by atoms with van der Waals surface area (Å²) in [6.45, 7) is 3.63. The summed E-state index contributed by atoms with van der Waals surface area (Å²) in [6.07, 6.45) is 0.999. The second-order valence-corrected chi connectivity index (χ2v) is 9.00. The van der Waals surface area contributed by atoms with Crippen molar-refractivity contribution in [2.24, 2.45) is 17.6 Å². The van der Waals surface area contributed by atoms with E-state index in [0.717, 1.165) is 0 Å². The van der Waals surface area contributed by atoms with Crippen LogP contribution in [0.15, 0.2) is 24.3 Å². The lowest BCUT2D eigenvalue weighted by molar-refractivity contribution is -0.132. The molecule has 2 heterocycles. The van der Waals surface area contributed by atoms with Crippen molar-refractivity contribution in [2.45, 2.75) is 45.2 Å². The Kier molecular flexibility index (Phi) is 7.93. The van der Waals surface area contributed by atoms with Crippen molar-refractivity contribution < 1.29 is 29.0 Å². The molecule has 1 fully saturated rings. The number of Topliss-reactive ketones (excluding diaryl/α,β-unsaturated/α-hetero) is 1. The van der Waals surface area contributed by atoms with E-state index in [1.807, 2.05) is 13.8 Å². The van der Waals surface area contributed by atoms with Gasteiger partial charge in [-0.25, -0.2) is 0 Å². The van der Waals surface area contributed by atoms with Crippen LogP contribution in [0.2, 0.25) is 0 Å². The molecule has 0 saturated carbocycles. The zero-order valence-corrected chi connectivity index (χ0v) is 19.7. The minimum Gasteiger partial charge on any atom is -0.496 e. The van der Waals surface area contributed by atoms with Crippen LogP contribution in [0.5, 0.6) is 5.75 Å². The number of aliphatic hydroxyl groups excluding tert-OH is 1. The van der Waals surface area contributed by atoms with Crippen molar-refractivity contribution in [1.29, 1.82) is 0 Å². The normalized spacial score (nSPS) is 17.4. The third-order valence-electron chi connectivity index (χ3n) is 6.17. The van der Waals surface area contributed by atoms with E-state index in [4.69, 9.17) is 10.5 Å². The van der Waals surface area contributed by atoms with Crippen molar-refractivity contribution >= 4 is 34.4 Å². The van der Waals surface area contributed by atoms with Crippen molar-refractivity contribution in [3.63, 3.8) is 0 Å². The van der Waals surface area contributed by atoms with Gasteiger partial charge in [-0.15, -0.1) is 0 Å². The van der Waals surface area contributed by atoms with Crippen LogP contribution >= 0.6 is 0 Å². The maximum atomic E-state index is 13.6. The van der Waals surface area contributed by atoms with Crippen LogP contribution in [0, 0.1) is 11.8 Å². The van der Waals surface area contributed by atoms with Crippen LogP contribution < -0.4 is 21.1 Å². The monoisotopic (exact) mass is 472 g/mol. The summed E-state index contributed by atoms with van der Waals surface area (Å²) in [5, 5.41) is 15.5. The summed E-state index contributed by atoms with van der Waals surface area (Å²) in [7, 11) is 1.51. The number of ketones is 1. The second-order valence-electron chi connectivity index (χ2n) is 9.00. The molecule has 10 nitrogen and oxygen atoms in total. The highest BCUT2D eigenvalue weighted by atomic mass is 16.5. The van der Waals surface area contributed by atoms with E-state index in [0.29, 0.717) is 36.0 Å². The molecular weight excluding hydrogens is 440 g/mol. The van der Waals surface area contributed by atoms with Crippen molar-refractivity contribution in [1.82, 2.24) is 15.2 Å². The number of carbonyl (C=O) groups excluding carboxylic acids is 4.